The molecule has 1 aromatic rings. The van der Waals surface area contributed by atoms with E-state index in [1.54, 1.807) is 0 Å². The Morgan fingerprint density at radius 1 is 1.47 bits per heavy atom. The van der Waals surface area contributed by atoms with Crippen molar-refractivity contribution in [3.63, 3.8) is 0 Å². The number of carbonyl (C=O) groups excluding carboxylic acids is 1. The van der Waals surface area contributed by atoms with Gasteiger partial charge in [-0.15, -0.1) is 0 Å². The van der Waals surface area contributed by atoms with E-state index in [0.717, 1.165) is 43.1 Å². The minimum atomic E-state index is 0.0687. The number of hydrogen-bond donors (Lipinski definition) is 2. The Morgan fingerprint density at radius 2 is 2.32 bits per heavy atom. The molecule has 19 heavy (non-hydrogen) atoms. The van der Waals surface area contributed by atoms with E-state index in [1.165, 1.54) is 5.56 Å². The van der Waals surface area contributed by atoms with Gasteiger partial charge in [-0.1, -0.05) is 25.1 Å². The molecule has 104 valence electrons. The molecule has 0 aliphatic carbocycles. The molecule has 1 aliphatic rings. The van der Waals surface area contributed by atoms with Crippen molar-refractivity contribution in [2.24, 2.45) is 0 Å². The lowest BCUT2D eigenvalue weighted by Crippen LogP contribution is -2.27. The van der Waals surface area contributed by atoms with E-state index < -0.39 is 0 Å². The van der Waals surface area contributed by atoms with Crippen molar-refractivity contribution >= 4 is 17.7 Å². The predicted molar refractivity (Wildman–Crippen MR) is 82.0 cm³/mol. The van der Waals surface area contributed by atoms with Crippen LogP contribution in [0.4, 0.5) is 0 Å². The molecular weight excluding hydrogens is 256 g/mol. The fourth-order valence-electron chi connectivity index (χ4n) is 2.46. The Kier molecular flexibility index (Phi) is 5.73. The van der Waals surface area contributed by atoms with Gasteiger partial charge in [-0.2, -0.15) is 11.8 Å². The van der Waals surface area contributed by atoms with E-state index in [4.69, 9.17) is 0 Å². The number of hydrogen-bond acceptors (Lipinski definition) is 3. The smallest absolute Gasteiger partial charge is 0.251 e. The molecule has 0 radical (unpaired) electrons. The number of benzene rings is 1. The van der Waals surface area contributed by atoms with Crippen LogP contribution in [0.2, 0.25) is 0 Å². The molecule has 2 N–H and O–H groups in total. The van der Waals surface area contributed by atoms with Crippen LogP contribution in [-0.2, 0) is 0 Å². The second-order valence-corrected chi connectivity index (χ2v) is 6.12. The Balaban J connectivity index is 2.00. The van der Waals surface area contributed by atoms with Crippen molar-refractivity contribution in [1.29, 1.82) is 0 Å². The molecule has 0 aromatic heterocycles. The summed E-state index contributed by atoms with van der Waals surface area (Å²) >= 11 is 1.85. The maximum Gasteiger partial charge on any atom is 0.251 e. The van der Waals surface area contributed by atoms with Crippen molar-refractivity contribution in [2.45, 2.75) is 19.3 Å². The Bertz CT molecular complexity index is 416. The number of carbonyl (C=O) groups is 1. The molecule has 1 saturated heterocycles. The Labute approximate surface area is 119 Å². The molecule has 0 unspecified atom stereocenters. The van der Waals surface area contributed by atoms with Crippen LogP contribution in [0.25, 0.3) is 0 Å². The lowest BCUT2D eigenvalue weighted by molar-refractivity contribution is 0.0955. The molecular formula is C15H22N2OS. The van der Waals surface area contributed by atoms with Gasteiger partial charge in [0.15, 0.2) is 0 Å². The van der Waals surface area contributed by atoms with Gasteiger partial charge in [0.1, 0.15) is 0 Å². The second kappa shape index (κ2) is 7.56. The third-order valence-electron chi connectivity index (χ3n) is 3.44. The lowest BCUT2D eigenvalue weighted by atomic mass is 9.93. The maximum absolute atomic E-state index is 12.2. The molecule has 2 rings (SSSR count). The zero-order valence-electron chi connectivity index (χ0n) is 11.4. The van der Waals surface area contributed by atoms with Gasteiger partial charge in [0.2, 0.25) is 0 Å². The average molecular weight is 278 g/mol. The fourth-order valence-corrected chi connectivity index (χ4v) is 2.99. The summed E-state index contributed by atoms with van der Waals surface area (Å²) in [4.78, 5) is 12.2. The molecule has 0 bridgehead atoms. The standard InChI is InChI=1S/C15H22N2OS/c1-2-19-10-9-17-15(18)14-6-4-3-5-13(14)12-7-8-16-11-12/h3-6,12,16H,2,7-11H2,1H3,(H,17,18)/t12-/m1/s1. The third kappa shape index (κ3) is 3.98. The van der Waals surface area contributed by atoms with Crippen LogP contribution >= 0.6 is 11.8 Å². The van der Waals surface area contributed by atoms with Crippen LogP contribution in [0.3, 0.4) is 0 Å². The summed E-state index contributed by atoms with van der Waals surface area (Å²) in [5.41, 5.74) is 2.03. The minimum Gasteiger partial charge on any atom is -0.351 e. The normalized spacial score (nSPS) is 18.5. The molecule has 1 amide bonds. The Hall–Kier alpha value is -1.00. The van der Waals surface area contributed by atoms with Crippen molar-refractivity contribution < 1.29 is 4.79 Å². The van der Waals surface area contributed by atoms with Crippen LogP contribution in [0, 0.1) is 0 Å². The van der Waals surface area contributed by atoms with Gasteiger partial charge in [-0.25, -0.2) is 0 Å². The first-order valence-electron chi connectivity index (χ1n) is 6.98. The Morgan fingerprint density at radius 3 is 3.05 bits per heavy atom. The van der Waals surface area contributed by atoms with E-state index in [1.807, 2.05) is 30.0 Å². The summed E-state index contributed by atoms with van der Waals surface area (Å²) in [6, 6.07) is 8.00. The van der Waals surface area contributed by atoms with Gasteiger partial charge in [0.05, 0.1) is 0 Å². The van der Waals surface area contributed by atoms with Crippen LogP contribution < -0.4 is 10.6 Å². The van der Waals surface area contributed by atoms with Gasteiger partial charge in [0, 0.05) is 24.4 Å². The SMILES string of the molecule is CCSCCNC(=O)c1ccccc1[C@@H]1CCNC1. The first kappa shape index (κ1) is 14.4. The number of nitrogens with one attached hydrogen (secondary N) is 2. The molecule has 1 aliphatic heterocycles. The maximum atomic E-state index is 12.2. The molecule has 1 fully saturated rings. The molecule has 1 atom stereocenters. The van der Waals surface area contributed by atoms with E-state index in [-0.39, 0.29) is 5.91 Å². The van der Waals surface area contributed by atoms with Crippen molar-refractivity contribution in [2.75, 3.05) is 31.1 Å². The van der Waals surface area contributed by atoms with Gasteiger partial charge in [0.25, 0.3) is 5.91 Å². The largest absolute Gasteiger partial charge is 0.351 e. The minimum absolute atomic E-state index is 0.0687. The summed E-state index contributed by atoms with van der Waals surface area (Å²) in [6.07, 6.45) is 1.12. The molecule has 1 aromatic carbocycles. The molecule has 0 spiro atoms. The van der Waals surface area contributed by atoms with Crippen molar-refractivity contribution in [3.05, 3.63) is 35.4 Å². The molecule has 4 heteroatoms. The van der Waals surface area contributed by atoms with Gasteiger partial charge < -0.3 is 10.6 Å². The number of thioether (sulfide) groups is 1. The van der Waals surface area contributed by atoms with Crippen molar-refractivity contribution in [1.82, 2.24) is 10.6 Å². The van der Waals surface area contributed by atoms with Gasteiger partial charge >= 0.3 is 0 Å². The van der Waals surface area contributed by atoms with Crippen LogP contribution in [0.1, 0.15) is 35.2 Å². The quantitative estimate of drug-likeness (QED) is 0.784. The topological polar surface area (TPSA) is 41.1 Å². The second-order valence-electron chi connectivity index (χ2n) is 4.73. The summed E-state index contributed by atoms with van der Waals surface area (Å²) < 4.78 is 0. The van der Waals surface area contributed by atoms with Crippen LogP contribution in [0.15, 0.2) is 24.3 Å². The van der Waals surface area contributed by atoms with E-state index in [0.29, 0.717) is 5.92 Å². The van der Waals surface area contributed by atoms with Gasteiger partial charge in [-0.3, -0.25) is 4.79 Å². The van der Waals surface area contributed by atoms with E-state index >= 15 is 0 Å². The van der Waals surface area contributed by atoms with E-state index in [2.05, 4.69) is 23.6 Å². The summed E-state index contributed by atoms with van der Waals surface area (Å²) in [6.45, 7) is 4.91. The van der Waals surface area contributed by atoms with Gasteiger partial charge in [-0.05, 0) is 36.3 Å². The van der Waals surface area contributed by atoms with Crippen LogP contribution in [0.5, 0.6) is 0 Å². The zero-order valence-corrected chi connectivity index (χ0v) is 12.3. The number of amides is 1. The lowest BCUT2D eigenvalue weighted by Gasteiger charge is -2.14. The fraction of sp³-hybridized carbons (Fsp3) is 0.533. The first-order chi connectivity index (χ1) is 9.33. The molecule has 0 saturated carbocycles. The highest BCUT2D eigenvalue weighted by Gasteiger charge is 2.21. The highest BCUT2D eigenvalue weighted by atomic mass is 32.2. The van der Waals surface area contributed by atoms with E-state index in [9.17, 15) is 4.79 Å². The summed E-state index contributed by atoms with van der Waals surface area (Å²) in [5, 5.41) is 6.38. The number of rotatable bonds is 6. The monoisotopic (exact) mass is 278 g/mol. The molecule has 3 nitrogen and oxygen atoms in total. The van der Waals surface area contributed by atoms with Crippen molar-refractivity contribution in [3.8, 4) is 0 Å². The summed E-state index contributed by atoms with van der Waals surface area (Å²) in [7, 11) is 0. The predicted octanol–water partition coefficient (Wildman–Crippen LogP) is 2.25. The zero-order chi connectivity index (χ0) is 13.5. The highest BCUT2D eigenvalue weighted by Crippen LogP contribution is 2.25. The van der Waals surface area contributed by atoms with Crippen LogP contribution in [-0.4, -0.2) is 37.0 Å². The first-order valence-corrected chi connectivity index (χ1v) is 8.14. The summed E-state index contributed by atoms with van der Waals surface area (Å²) in [5.74, 6) is 2.63. The average Bonchev–Trinajstić information content (AvgIpc) is 2.97. The third-order valence-corrected chi connectivity index (χ3v) is 4.34. The molecule has 1 heterocycles. The highest BCUT2D eigenvalue weighted by molar-refractivity contribution is 7.99.